The van der Waals surface area contributed by atoms with Crippen molar-refractivity contribution in [2.75, 3.05) is 0 Å². The van der Waals surface area contributed by atoms with Gasteiger partial charge in [0.2, 0.25) is 5.91 Å². The fourth-order valence-corrected chi connectivity index (χ4v) is 2.46. The van der Waals surface area contributed by atoms with Crippen LogP contribution in [0.3, 0.4) is 0 Å². The van der Waals surface area contributed by atoms with Gasteiger partial charge >= 0.3 is 0 Å². The molecule has 0 saturated heterocycles. The molecule has 126 valence electrons. The van der Waals surface area contributed by atoms with E-state index in [1.165, 1.54) is 0 Å². The Bertz CT molecular complexity index is 861. The second kappa shape index (κ2) is 7.48. The van der Waals surface area contributed by atoms with Crippen molar-refractivity contribution >= 4 is 11.8 Å². The Morgan fingerprint density at radius 2 is 1.68 bits per heavy atom. The number of benzene rings is 2. The van der Waals surface area contributed by atoms with Crippen LogP contribution in [0.5, 0.6) is 0 Å². The largest absolute Gasteiger partial charge is 0.292 e. The minimum absolute atomic E-state index is 0.0868. The molecule has 0 saturated carbocycles. The molecule has 7 nitrogen and oxygen atoms in total. The molecule has 0 radical (unpaired) electrons. The van der Waals surface area contributed by atoms with E-state index in [1.807, 2.05) is 43.3 Å². The first-order chi connectivity index (χ1) is 12.1. The average molecular weight is 335 g/mol. The van der Waals surface area contributed by atoms with Crippen molar-refractivity contribution < 1.29 is 9.59 Å². The summed E-state index contributed by atoms with van der Waals surface area (Å²) in [4.78, 5) is 24.2. The van der Waals surface area contributed by atoms with Gasteiger partial charge in [-0.3, -0.25) is 14.9 Å². The number of tetrazole rings is 1. The molecule has 1 atom stereocenters. The van der Waals surface area contributed by atoms with Gasteiger partial charge < -0.3 is 0 Å². The molecule has 1 N–H and O–H groups in total. The first-order valence-corrected chi connectivity index (χ1v) is 7.87. The lowest BCUT2D eigenvalue weighted by Gasteiger charge is -2.13. The molecule has 0 aliphatic carbocycles. The zero-order valence-electron chi connectivity index (χ0n) is 13.7. The molecule has 0 fully saturated rings. The molecule has 1 unspecified atom stereocenters. The van der Waals surface area contributed by atoms with Gasteiger partial charge in [-0.2, -0.15) is 0 Å². The molecule has 7 heteroatoms. The first kappa shape index (κ1) is 16.5. The van der Waals surface area contributed by atoms with Crippen molar-refractivity contribution in [2.45, 2.75) is 19.4 Å². The number of hydrogen-bond acceptors (Lipinski definition) is 5. The predicted molar refractivity (Wildman–Crippen MR) is 91.5 cm³/mol. The van der Waals surface area contributed by atoms with Crippen LogP contribution in [0, 0.1) is 0 Å². The highest BCUT2D eigenvalue weighted by atomic mass is 16.2. The molecule has 0 aliphatic heterocycles. The van der Waals surface area contributed by atoms with E-state index < -0.39 is 5.91 Å². The second-order valence-corrected chi connectivity index (χ2v) is 5.61. The molecule has 2 amide bonds. The van der Waals surface area contributed by atoms with Gasteiger partial charge in [-0.25, -0.2) is 4.68 Å². The molecule has 1 aromatic heterocycles. The third-order valence-corrected chi connectivity index (χ3v) is 3.71. The average Bonchev–Trinajstić information content (AvgIpc) is 3.13. The van der Waals surface area contributed by atoms with Crippen LogP contribution in [0.4, 0.5) is 0 Å². The SMILES string of the molecule is CC(CC(=O)NC(=O)c1ccccc1)n1nnnc1-c1ccccc1. The molecule has 3 aromatic rings. The van der Waals surface area contributed by atoms with E-state index in [0.717, 1.165) is 5.56 Å². The molecule has 0 aliphatic rings. The third kappa shape index (κ3) is 3.95. The number of aromatic nitrogens is 4. The van der Waals surface area contributed by atoms with Crippen LogP contribution in [-0.4, -0.2) is 32.0 Å². The van der Waals surface area contributed by atoms with Gasteiger partial charge in [-0.15, -0.1) is 5.10 Å². The highest BCUT2D eigenvalue weighted by molar-refractivity contribution is 6.04. The third-order valence-electron chi connectivity index (χ3n) is 3.71. The highest BCUT2D eigenvalue weighted by Crippen LogP contribution is 2.20. The Hall–Kier alpha value is -3.35. The van der Waals surface area contributed by atoms with Crippen LogP contribution >= 0.6 is 0 Å². The maximum Gasteiger partial charge on any atom is 0.257 e. The normalized spacial score (nSPS) is 11.7. The predicted octanol–water partition coefficient (Wildman–Crippen LogP) is 2.25. The quantitative estimate of drug-likeness (QED) is 0.772. The Morgan fingerprint density at radius 3 is 2.36 bits per heavy atom. The topological polar surface area (TPSA) is 89.8 Å². The maximum atomic E-state index is 12.2. The van der Waals surface area contributed by atoms with Gasteiger partial charge in [-0.1, -0.05) is 48.5 Å². The van der Waals surface area contributed by atoms with Crippen molar-refractivity contribution in [3.05, 3.63) is 66.2 Å². The Morgan fingerprint density at radius 1 is 1.04 bits per heavy atom. The molecule has 3 rings (SSSR count). The van der Waals surface area contributed by atoms with E-state index >= 15 is 0 Å². The first-order valence-electron chi connectivity index (χ1n) is 7.87. The van der Waals surface area contributed by atoms with Crippen LogP contribution < -0.4 is 5.32 Å². The lowest BCUT2D eigenvalue weighted by molar-refractivity contribution is -0.120. The molecule has 0 bridgehead atoms. The number of carbonyl (C=O) groups excluding carboxylic acids is 2. The molecule has 2 aromatic carbocycles. The van der Waals surface area contributed by atoms with E-state index in [4.69, 9.17) is 0 Å². The molecular formula is C18H17N5O2. The van der Waals surface area contributed by atoms with E-state index in [-0.39, 0.29) is 18.4 Å². The van der Waals surface area contributed by atoms with Crippen molar-refractivity contribution in [1.29, 1.82) is 0 Å². The summed E-state index contributed by atoms with van der Waals surface area (Å²) in [6, 6.07) is 17.8. The zero-order valence-corrected chi connectivity index (χ0v) is 13.7. The van der Waals surface area contributed by atoms with Gasteiger partial charge in [-0.05, 0) is 29.5 Å². The number of nitrogens with zero attached hydrogens (tertiary/aromatic N) is 4. The number of rotatable bonds is 5. The van der Waals surface area contributed by atoms with Gasteiger partial charge in [0.1, 0.15) is 0 Å². The number of nitrogens with one attached hydrogen (secondary N) is 1. The number of amides is 2. The van der Waals surface area contributed by atoms with E-state index in [0.29, 0.717) is 11.4 Å². The summed E-state index contributed by atoms with van der Waals surface area (Å²) >= 11 is 0. The van der Waals surface area contributed by atoms with Crippen LogP contribution in [0.15, 0.2) is 60.7 Å². The summed E-state index contributed by atoms with van der Waals surface area (Å²) in [5.41, 5.74) is 1.30. The molecule has 1 heterocycles. The smallest absolute Gasteiger partial charge is 0.257 e. The molecule has 25 heavy (non-hydrogen) atoms. The zero-order chi connectivity index (χ0) is 17.6. The fraction of sp³-hybridized carbons (Fsp3) is 0.167. The van der Waals surface area contributed by atoms with Crippen molar-refractivity contribution in [3.63, 3.8) is 0 Å². The maximum absolute atomic E-state index is 12.2. The second-order valence-electron chi connectivity index (χ2n) is 5.61. The Labute approximate surface area is 144 Å². The van der Waals surface area contributed by atoms with Gasteiger partial charge in [0.15, 0.2) is 5.82 Å². The minimum Gasteiger partial charge on any atom is -0.292 e. The van der Waals surface area contributed by atoms with Crippen LogP contribution in [-0.2, 0) is 4.79 Å². The van der Waals surface area contributed by atoms with Crippen LogP contribution in [0.1, 0.15) is 29.7 Å². The lowest BCUT2D eigenvalue weighted by Crippen LogP contribution is -2.32. The van der Waals surface area contributed by atoms with E-state index in [2.05, 4.69) is 20.8 Å². The molecular weight excluding hydrogens is 318 g/mol. The Kier molecular flexibility index (Phi) is 4.94. The number of carbonyl (C=O) groups is 2. The monoisotopic (exact) mass is 335 g/mol. The standard InChI is InChI=1S/C18H17N5O2/c1-13(12-16(24)19-18(25)15-10-6-3-7-11-15)23-17(20-21-22-23)14-8-4-2-5-9-14/h2-11,13H,12H2,1H3,(H,19,24,25). The van der Waals surface area contributed by atoms with Crippen LogP contribution in [0.2, 0.25) is 0 Å². The summed E-state index contributed by atoms with van der Waals surface area (Å²) in [6.07, 6.45) is 0.0868. The summed E-state index contributed by atoms with van der Waals surface area (Å²) in [5, 5.41) is 14.1. The fourth-order valence-electron chi connectivity index (χ4n) is 2.46. The summed E-state index contributed by atoms with van der Waals surface area (Å²) in [7, 11) is 0. The summed E-state index contributed by atoms with van der Waals surface area (Å²) in [6.45, 7) is 1.83. The summed E-state index contributed by atoms with van der Waals surface area (Å²) in [5.74, 6) is -0.219. The van der Waals surface area contributed by atoms with Gasteiger partial charge in [0, 0.05) is 17.5 Å². The molecule has 0 spiro atoms. The van der Waals surface area contributed by atoms with Crippen molar-refractivity contribution in [2.24, 2.45) is 0 Å². The van der Waals surface area contributed by atoms with Gasteiger partial charge in [0.25, 0.3) is 5.91 Å². The van der Waals surface area contributed by atoms with Crippen molar-refractivity contribution in [3.8, 4) is 11.4 Å². The summed E-state index contributed by atoms with van der Waals surface area (Å²) < 4.78 is 1.59. The Balaban J connectivity index is 1.67. The van der Waals surface area contributed by atoms with Gasteiger partial charge in [0.05, 0.1) is 6.04 Å². The van der Waals surface area contributed by atoms with E-state index in [9.17, 15) is 9.59 Å². The van der Waals surface area contributed by atoms with E-state index in [1.54, 1.807) is 28.9 Å². The number of imide groups is 1. The highest BCUT2D eigenvalue weighted by Gasteiger charge is 2.19. The number of hydrogen-bond donors (Lipinski definition) is 1. The minimum atomic E-state index is -0.419. The van der Waals surface area contributed by atoms with Crippen molar-refractivity contribution in [1.82, 2.24) is 25.5 Å². The van der Waals surface area contributed by atoms with Crippen LogP contribution in [0.25, 0.3) is 11.4 Å². The lowest BCUT2D eigenvalue weighted by atomic mass is 10.1.